The molecular formula is C8H16FNO4. The average molecular weight is 209 g/mol. The highest BCUT2D eigenvalue weighted by Gasteiger charge is 2.23. The van der Waals surface area contributed by atoms with Crippen molar-refractivity contribution in [3.05, 3.63) is 0 Å². The predicted octanol–water partition coefficient (Wildman–Crippen LogP) is -0.535. The second-order valence-electron chi connectivity index (χ2n) is 3.19. The van der Waals surface area contributed by atoms with Crippen molar-refractivity contribution in [3.8, 4) is 0 Å². The lowest BCUT2D eigenvalue weighted by Crippen LogP contribution is -2.35. The Kier molecular flexibility index (Phi) is 6.35. The lowest BCUT2D eigenvalue weighted by atomic mass is 9.95. The van der Waals surface area contributed by atoms with E-state index in [0.717, 1.165) is 0 Å². The minimum Gasteiger partial charge on any atom is -0.480 e. The van der Waals surface area contributed by atoms with Gasteiger partial charge in [-0.3, -0.25) is 9.18 Å². The minimum atomic E-state index is -1.65. The highest BCUT2D eigenvalue weighted by molar-refractivity contribution is 5.73. The van der Waals surface area contributed by atoms with Crippen molar-refractivity contribution in [3.63, 3.8) is 0 Å². The highest BCUT2D eigenvalue weighted by Crippen LogP contribution is 2.16. The van der Waals surface area contributed by atoms with Crippen molar-refractivity contribution < 1.29 is 24.5 Å². The molecule has 0 spiro atoms. The molecule has 0 aliphatic carbocycles. The van der Waals surface area contributed by atoms with Crippen LogP contribution in [0.3, 0.4) is 0 Å². The summed E-state index contributed by atoms with van der Waals surface area (Å²) in [5.41, 5.74) is 5.21. The molecule has 6 heteroatoms. The summed E-state index contributed by atoms with van der Waals surface area (Å²) < 4.78 is 11.8. The number of aliphatic carboxylic acids is 1. The molecule has 0 saturated heterocycles. The summed E-state index contributed by atoms with van der Waals surface area (Å²) in [6, 6.07) is -1.14. The van der Waals surface area contributed by atoms with Gasteiger partial charge in [0, 0.05) is 5.92 Å². The monoisotopic (exact) mass is 209 g/mol. The summed E-state index contributed by atoms with van der Waals surface area (Å²) in [6.07, 6.45) is -1.32. The van der Waals surface area contributed by atoms with Gasteiger partial charge >= 0.3 is 5.97 Å². The first-order valence-corrected chi connectivity index (χ1v) is 4.39. The van der Waals surface area contributed by atoms with Crippen LogP contribution in [0.4, 0.5) is 4.39 Å². The molecule has 0 aromatic rings. The van der Waals surface area contributed by atoms with Crippen molar-refractivity contribution in [1.29, 1.82) is 0 Å². The lowest BCUT2D eigenvalue weighted by Gasteiger charge is -2.19. The second kappa shape index (κ2) is 6.69. The Balaban J connectivity index is 4.02. The third-order valence-electron chi connectivity index (χ3n) is 2.00. The molecule has 0 aliphatic rings. The molecule has 0 bridgehead atoms. The Morgan fingerprint density at radius 1 is 1.43 bits per heavy atom. The molecule has 5 nitrogen and oxygen atoms in total. The van der Waals surface area contributed by atoms with Crippen LogP contribution in [-0.4, -0.2) is 40.3 Å². The molecule has 5 N–H and O–H groups in total. The van der Waals surface area contributed by atoms with Crippen molar-refractivity contribution in [1.82, 2.24) is 0 Å². The molecule has 0 radical (unpaired) electrons. The molecule has 1 unspecified atom stereocenters. The van der Waals surface area contributed by atoms with Crippen LogP contribution in [0.1, 0.15) is 19.3 Å². The Morgan fingerprint density at radius 2 is 2.00 bits per heavy atom. The topological polar surface area (TPSA) is 104 Å². The molecule has 0 aromatic heterocycles. The fourth-order valence-electron chi connectivity index (χ4n) is 1.15. The molecule has 0 fully saturated rings. The van der Waals surface area contributed by atoms with Crippen LogP contribution in [0.5, 0.6) is 0 Å². The van der Waals surface area contributed by atoms with Gasteiger partial charge in [0.05, 0.1) is 6.67 Å². The maximum absolute atomic E-state index is 11.8. The van der Waals surface area contributed by atoms with Crippen molar-refractivity contribution >= 4 is 5.97 Å². The summed E-state index contributed by atoms with van der Waals surface area (Å²) in [5.74, 6) is -1.88. The number of hydrogen-bond donors (Lipinski definition) is 4. The molecule has 84 valence electrons. The van der Waals surface area contributed by atoms with E-state index >= 15 is 0 Å². The van der Waals surface area contributed by atoms with Crippen molar-refractivity contribution in [2.24, 2.45) is 11.7 Å². The van der Waals surface area contributed by atoms with Gasteiger partial charge in [-0.1, -0.05) is 0 Å². The molecule has 2 atom stereocenters. The van der Waals surface area contributed by atoms with Crippen LogP contribution in [0, 0.1) is 5.92 Å². The van der Waals surface area contributed by atoms with E-state index in [2.05, 4.69) is 0 Å². The Labute approximate surface area is 81.3 Å². The van der Waals surface area contributed by atoms with Gasteiger partial charge < -0.3 is 21.1 Å². The largest absolute Gasteiger partial charge is 0.480 e. The number of carboxylic acids is 1. The molecule has 0 rings (SSSR count). The maximum Gasteiger partial charge on any atom is 0.320 e. The van der Waals surface area contributed by atoms with Crippen LogP contribution in [-0.2, 0) is 4.79 Å². The van der Waals surface area contributed by atoms with E-state index in [1.54, 1.807) is 0 Å². The van der Waals surface area contributed by atoms with Gasteiger partial charge in [-0.25, -0.2) is 0 Å². The lowest BCUT2D eigenvalue weighted by molar-refractivity contribution is -0.140. The van der Waals surface area contributed by atoms with Crippen LogP contribution in [0.2, 0.25) is 0 Å². The second-order valence-corrected chi connectivity index (χ2v) is 3.19. The molecule has 14 heavy (non-hydrogen) atoms. The van der Waals surface area contributed by atoms with Crippen LogP contribution in [0.15, 0.2) is 0 Å². The van der Waals surface area contributed by atoms with Gasteiger partial charge in [0.1, 0.15) is 6.04 Å². The molecule has 0 heterocycles. The minimum absolute atomic E-state index is 0.0625. The van der Waals surface area contributed by atoms with Gasteiger partial charge in [0.25, 0.3) is 0 Å². The number of hydrogen-bond acceptors (Lipinski definition) is 4. The normalized spacial score (nSPS) is 15.5. The first-order valence-electron chi connectivity index (χ1n) is 4.39. The summed E-state index contributed by atoms with van der Waals surface area (Å²) >= 11 is 0. The predicted molar refractivity (Wildman–Crippen MR) is 47.2 cm³/mol. The first-order chi connectivity index (χ1) is 6.49. The van der Waals surface area contributed by atoms with Gasteiger partial charge in [0.2, 0.25) is 0 Å². The Bertz CT molecular complexity index is 177. The Morgan fingerprint density at radius 3 is 2.36 bits per heavy atom. The standard InChI is InChI=1S/C8H16FNO4/c9-3-1-2-5(7(11)12)4-6(10)8(13)14/h5-7,11-12H,1-4,10H2,(H,13,14)/t5?,6-/m0/s1. The zero-order valence-electron chi connectivity index (χ0n) is 7.77. The van der Waals surface area contributed by atoms with E-state index in [1.807, 2.05) is 0 Å². The number of nitrogens with two attached hydrogens (primary N) is 1. The molecule has 0 amide bonds. The smallest absolute Gasteiger partial charge is 0.320 e. The number of carbonyl (C=O) groups is 1. The Hall–Kier alpha value is -0.720. The summed E-state index contributed by atoms with van der Waals surface area (Å²) in [6.45, 7) is -0.564. The van der Waals surface area contributed by atoms with E-state index in [1.165, 1.54) is 0 Å². The summed E-state index contributed by atoms with van der Waals surface area (Å²) in [4.78, 5) is 10.4. The van der Waals surface area contributed by atoms with E-state index in [0.29, 0.717) is 0 Å². The van der Waals surface area contributed by atoms with Crippen LogP contribution < -0.4 is 5.73 Å². The van der Waals surface area contributed by atoms with Crippen molar-refractivity contribution in [2.75, 3.05) is 6.67 Å². The zero-order valence-corrected chi connectivity index (χ0v) is 7.77. The maximum atomic E-state index is 11.8. The van der Waals surface area contributed by atoms with Gasteiger partial charge in [0.15, 0.2) is 6.29 Å². The number of aliphatic hydroxyl groups excluding tert-OH is 1. The average Bonchev–Trinajstić information content (AvgIpc) is 2.10. The van der Waals surface area contributed by atoms with Crippen molar-refractivity contribution in [2.45, 2.75) is 31.6 Å². The molecule has 0 saturated carbocycles. The van der Waals surface area contributed by atoms with E-state index in [9.17, 15) is 9.18 Å². The fourth-order valence-corrected chi connectivity index (χ4v) is 1.15. The number of halogens is 1. The number of carboxylic acid groups (broad SMARTS) is 1. The third kappa shape index (κ3) is 5.11. The highest BCUT2D eigenvalue weighted by atomic mass is 19.1. The van der Waals surface area contributed by atoms with E-state index < -0.39 is 30.9 Å². The SMILES string of the molecule is N[C@@H](CC(CCCF)C(O)O)C(=O)O. The third-order valence-corrected chi connectivity index (χ3v) is 2.00. The molecule has 0 aliphatic heterocycles. The van der Waals surface area contributed by atoms with Gasteiger partial charge in [-0.15, -0.1) is 0 Å². The summed E-state index contributed by atoms with van der Waals surface area (Å²) in [7, 11) is 0. The number of aliphatic hydroxyl groups is 2. The first kappa shape index (κ1) is 13.3. The summed E-state index contributed by atoms with van der Waals surface area (Å²) in [5, 5.41) is 26.2. The van der Waals surface area contributed by atoms with Crippen LogP contribution >= 0.6 is 0 Å². The van der Waals surface area contributed by atoms with Crippen LogP contribution in [0.25, 0.3) is 0 Å². The zero-order chi connectivity index (χ0) is 11.1. The van der Waals surface area contributed by atoms with E-state index in [-0.39, 0.29) is 19.3 Å². The fraction of sp³-hybridized carbons (Fsp3) is 0.875. The number of alkyl halides is 1. The van der Waals surface area contributed by atoms with Gasteiger partial charge in [-0.2, -0.15) is 0 Å². The molecule has 0 aromatic carbocycles. The quantitative estimate of drug-likeness (QED) is 0.422. The number of rotatable bonds is 7. The van der Waals surface area contributed by atoms with Gasteiger partial charge in [-0.05, 0) is 19.3 Å². The molecular weight excluding hydrogens is 193 g/mol. The van der Waals surface area contributed by atoms with E-state index in [4.69, 9.17) is 21.1 Å².